The van der Waals surface area contributed by atoms with Gasteiger partial charge in [-0.05, 0) is 25.3 Å². The highest BCUT2D eigenvalue weighted by Gasteiger charge is 2.28. The number of nitrogens with one attached hydrogen (secondary N) is 2. The van der Waals surface area contributed by atoms with Crippen molar-refractivity contribution in [3.63, 3.8) is 0 Å². The SMILES string of the molecule is O=C(CNCC1CC(O)C1)NCC(F)(F)F. The summed E-state index contributed by atoms with van der Waals surface area (Å²) in [4.78, 5) is 10.9. The van der Waals surface area contributed by atoms with E-state index in [0.29, 0.717) is 25.3 Å². The van der Waals surface area contributed by atoms with Crippen molar-refractivity contribution < 1.29 is 23.1 Å². The number of alkyl halides is 3. The van der Waals surface area contributed by atoms with Crippen molar-refractivity contribution in [2.45, 2.75) is 25.1 Å². The van der Waals surface area contributed by atoms with E-state index in [1.165, 1.54) is 0 Å². The Labute approximate surface area is 91.2 Å². The summed E-state index contributed by atoms with van der Waals surface area (Å²) < 4.78 is 35.1. The molecule has 0 heterocycles. The molecule has 7 heteroatoms. The highest BCUT2D eigenvalue weighted by atomic mass is 19.4. The summed E-state index contributed by atoms with van der Waals surface area (Å²) in [7, 11) is 0. The molecule has 4 nitrogen and oxygen atoms in total. The smallest absolute Gasteiger partial charge is 0.393 e. The van der Waals surface area contributed by atoms with E-state index >= 15 is 0 Å². The average molecular weight is 240 g/mol. The molecule has 0 aromatic rings. The van der Waals surface area contributed by atoms with Gasteiger partial charge in [0.2, 0.25) is 5.91 Å². The molecule has 94 valence electrons. The fourth-order valence-electron chi connectivity index (χ4n) is 1.52. The highest BCUT2D eigenvalue weighted by molar-refractivity contribution is 5.77. The van der Waals surface area contributed by atoms with Gasteiger partial charge in [0.1, 0.15) is 6.54 Å². The summed E-state index contributed by atoms with van der Waals surface area (Å²) in [6.07, 6.45) is -3.24. The van der Waals surface area contributed by atoms with Crippen molar-refractivity contribution in [2.24, 2.45) is 5.92 Å². The Hall–Kier alpha value is -0.820. The quantitative estimate of drug-likeness (QED) is 0.635. The van der Waals surface area contributed by atoms with Crippen molar-refractivity contribution in [3.8, 4) is 0 Å². The summed E-state index contributed by atoms with van der Waals surface area (Å²) >= 11 is 0. The number of carbonyl (C=O) groups excluding carboxylic acids is 1. The monoisotopic (exact) mass is 240 g/mol. The van der Waals surface area contributed by atoms with Crippen LogP contribution in [0, 0.1) is 5.92 Å². The van der Waals surface area contributed by atoms with Gasteiger partial charge < -0.3 is 15.7 Å². The highest BCUT2D eigenvalue weighted by Crippen LogP contribution is 2.25. The van der Waals surface area contributed by atoms with Gasteiger partial charge in [-0.15, -0.1) is 0 Å². The Morgan fingerprint density at radius 1 is 1.38 bits per heavy atom. The zero-order valence-electron chi connectivity index (χ0n) is 8.68. The summed E-state index contributed by atoms with van der Waals surface area (Å²) in [5.41, 5.74) is 0. The molecule has 1 amide bonds. The van der Waals surface area contributed by atoms with E-state index in [2.05, 4.69) is 5.32 Å². The minimum atomic E-state index is -4.37. The van der Waals surface area contributed by atoms with Crippen molar-refractivity contribution >= 4 is 5.91 Å². The van der Waals surface area contributed by atoms with Crippen molar-refractivity contribution in [3.05, 3.63) is 0 Å². The van der Waals surface area contributed by atoms with E-state index in [4.69, 9.17) is 5.11 Å². The Morgan fingerprint density at radius 3 is 2.50 bits per heavy atom. The Kier molecular flexibility index (Phi) is 4.55. The van der Waals surface area contributed by atoms with Gasteiger partial charge in [-0.2, -0.15) is 13.2 Å². The third-order valence-corrected chi connectivity index (χ3v) is 2.42. The standard InChI is InChI=1S/C9H15F3N2O2/c10-9(11,12)5-14-8(16)4-13-3-6-1-7(15)2-6/h6-7,13,15H,1-5H2,(H,14,16). The van der Waals surface area contributed by atoms with Crippen molar-refractivity contribution in [1.29, 1.82) is 0 Å². The van der Waals surface area contributed by atoms with Crippen LogP contribution in [0.2, 0.25) is 0 Å². The largest absolute Gasteiger partial charge is 0.405 e. The molecular weight excluding hydrogens is 225 g/mol. The van der Waals surface area contributed by atoms with Gasteiger partial charge in [-0.1, -0.05) is 0 Å². The predicted molar refractivity (Wildman–Crippen MR) is 50.7 cm³/mol. The van der Waals surface area contributed by atoms with E-state index < -0.39 is 18.6 Å². The lowest BCUT2D eigenvalue weighted by atomic mass is 9.82. The third kappa shape index (κ3) is 5.32. The molecule has 0 bridgehead atoms. The fraction of sp³-hybridized carbons (Fsp3) is 0.889. The van der Waals surface area contributed by atoms with Crippen molar-refractivity contribution in [1.82, 2.24) is 10.6 Å². The average Bonchev–Trinajstić information content (AvgIpc) is 2.11. The lowest BCUT2D eigenvalue weighted by Gasteiger charge is -2.31. The normalized spacial score (nSPS) is 25.0. The van der Waals surface area contributed by atoms with Crippen LogP contribution >= 0.6 is 0 Å². The maximum atomic E-state index is 11.7. The molecule has 0 spiro atoms. The Morgan fingerprint density at radius 2 is 2.00 bits per heavy atom. The van der Waals surface area contributed by atoms with E-state index in [9.17, 15) is 18.0 Å². The molecule has 0 saturated heterocycles. The van der Waals surface area contributed by atoms with Gasteiger partial charge in [0, 0.05) is 0 Å². The molecular formula is C9H15F3N2O2. The molecule has 1 rings (SSSR count). The summed E-state index contributed by atoms with van der Waals surface area (Å²) in [6, 6.07) is 0. The van der Waals surface area contributed by atoms with Crippen LogP contribution < -0.4 is 10.6 Å². The molecule has 0 aromatic heterocycles. The summed E-state index contributed by atoms with van der Waals surface area (Å²) in [5.74, 6) is -0.345. The second-order valence-corrected chi connectivity index (χ2v) is 4.01. The van der Waals surface area contributed by atoms with Gasteiger partial charge in [0.15, 0.2) is 0 Å². The van der Waals surface area contributed by atoms with Crippen LogP contribution in [-0.4, -0.2) is 42.9 Å². The number of hydrogen-bond acceptors (Lipinski definition) is 3. The molecule has 16 heavy (non-hydrogen) atoms. The summed E-state index contributed by atoms with van der Waals surface area (Å²) in [5, 5.41) is 13.5. The minimum absolute atomic E-state index is 0.122. The van der Waals surface area contributed by atoms with Gasteiger partial charge in [-0.3, -0.25) is 4.79 Å². The number of hydrogen-bond donors (Lipinski definition) is 3. The first-order valence-corrected chi connectivity index (χ1v) is 5.09. The molecule has 0 atom stereocenters. The van der Waals surface area contributed by atoms with Gasteiger partial charge in [-0.25, -0.2) is 0 Å². The number of aliphatic hydroxyl groups excluding tert-OH is 1. The molecule has 0 aliphatic heterocycles. The first-order chi connectivity index (χ1) is 7.37. The van der Waals surface area contributed by atoms with E-state index in [0.717, 1.165) is 0 Å². The van der Waals surface area contributed by atoms with Crippen LogP contribution in [0.3, 0.4) is 0 Å². The second-order valence-electron chi connectivity index (χ2n) is 4.01. The molecule has 0 unspecified atom stereocenters. The first-order valence-electron chi connectivity index (χ1n) is 5.09. The van der Waals surface area contributed by atoms with Gasteiger partial charge >= 0.3 is 6.18 Å². The second kappa shape index (κ2) is 5.49. The molecule has 0 radical (unpaired) electrons. The van der Waals surface area contributed by atoms with Crippen LogP contribution in [0.4, 0.5) is 13.2 Å². The van der Waals surface area contributed by atoms with Crippen LogP contribution in [-0.2, 0) is 4.79 Å². The predicted octanol–water partition coefficient (Wildman–Crippen LogP) is 0.0254. The van der Waals surface area contributed by atoms with Crippen LogP contribution in [0.15, 0.2) is 0 Å². The fourth-order valence-corrected chi connectivity index (χ4v) is 1.52. The van der Waals surface area contributed by atoms with Crippen LogP contribution in [0.5, 0.6) is 0 Å². The summed E-state index contributed by atoms with van der Waals surface area (Å²) in [6.45, 7) is -0.866. The Balaban J connectivity index is 1.98. The molecule has 1 aliphatic carbocycles. The zero-order valence-corrected chi connectivity index (χ0v) is 8.68. The lowest BCUT2D eigenvalue weighted by molar-refractivity contribution is -0.137. The topological polar surface area (TPSA) is 61.4 Å². The van der Waals surface area contributed by atoms with E-state index in [1.807, 2.05) is 0 Å². The van der Waals surface area contributed by atoms with E-state index in [-0.39, 0.29) is 12.6 Å². The Bertz CT molecular complexity index is 239. The maximum Gasteiger partial charge on any atom is 0.405 e. The van der Waals surface area contributed by atoms with Crippen LogP contribution in [0.25, 0.3) is 0 Å². The number of rotatable bonds is 5. The van der Waals surface area contributed by atoms with Crippen LogP contribution in [0.1, 0.15) is 12.8 Å². The lowest BCUT2D eigenvalue weighted by Crippen LogP contribution is -2.42. The number of aliphatic hydroxyl groups is 1. The first kappa shape index (κ1) is 13.2. The number of halogens is 3. The number of carbonyl (C=O) groups is 1. The third-order valence-electron chi connectivity index (χ3n) is 2.42. The molecule has 3 N–H and O–H groups in total. The maximum absolute atomic E-state index is 11.7. The number of amides is 1. The van der Waals surface area contributed by atoms with E-state index in [1.54, 1.807) is 5.32 Å². The molecule has 1 fully saturated rings. The molecule has 1 aliphatic rings. The minimum Gasteiger partial charge on any atom is -0.393 e. The molecule has 1 saturated carbocycles. The van der Waals surface area contributed by atoms with Gasteiger partial charge in [0.05, 0.1) is 12.6 Å². The zero-order chi connectivity index (χ0) is 12.2. The molecule has 0 aromatic carbocycles. The van der Waals surface area contributed by atoms with Gasteiger partial charge in [0.25, 0.3) is 0 Å². The van der Waals surface area contributed by atoms with Crippen molar-refractivity contribution in [2.75, 3.05) is 19.6 Å².